The topological polar surface area (TPSA) is 57.8 Å². The van der Waals surface area contributed by atoms with Gasteiger partial charge in [0.05, 0.1) is 11.1 Å². The zero-order chi connectivity index (χ0) is 14.0. The number of carbonyl (C=O) groups is 1. The molecule has 0 aliphatic carbocycles. The molecule has 1 amide bonds. The summed E-state index contributed by atoms with van der Waals surface area (Å²) in [5.41, 5.74) is -1.80. The lowest BCUT2D eigenvalue weighted by Crippen LogP contribution is -2.16. The lowest BCUT2D eigenvalue weighted by molar-refractivity contribution is -0.137. The van der Waals surface area contributed by atoms with Crippen LogP contribution in [0.3, 0.4) is 0 Å². The van der Waals surface area contributed by atoms with Crippen molar-refractivity contribution < 1.29 is 22.4 Å². The third-order valence-corrected chi connectivity index (χ3v) is 2.27. The summed E-state index contributed by atoms with van der Waals surface area (Å²) < 4.78 is 50.8. The normalized spacial score (nSPS) is 11.4. The monoisotopic (exact) mass is 273 g/mol. The van der Waals surface area contributed by atoms with E-state index < -0.39 is 29.0 Å². The summed E-state index contributed by atoms with van der Waals surface area (Å²) >= 11 is 0. The number of carbonyl (C=O) groups excluding carboxylic acids is 1. The van der Waals surface area contributed by atoms with E-state index in [0.29, 0.717) is 18.2 Å². The number of amides is 1. The Morgan fingerprint density at radius 3 is 2.63 bits per heavy atom. The van der Waals surface area contributed by atoms with Crippen LogP contribution in [0.1, 0.15) is 15.9 Å². The fraction of sp³-hybridized carbons (Fsp3) is 0.0909. The number of halogens is 4. The molecule has 0 radical (unpaired) electrons. The van der Waals surface area contributed by atoms with E-state index in [2.05, 4.69) is 15.3 Å². The Bertz CT molecular complexity index is 592. The molecule has 8 heteroatoms. The number of alkyl halides is 3. The van der Waals surface area contributed by atoms with Gasteiger partial charge in [0.25, 0.3) is 5.91 Å². The van der Waals surface area contributed by atoms with Gasteiger partial charge in [0.2, 0.25) is 5.95 Å². The van der Waals surface area contributed by atoms with Crippen molar-refractivity contribution in [3.05, 3.63) is 47.5 Å². The average Bonchev–Trinajstić information content (AvgIpc) is 2.80. The Morgan fingerprint density at radius 1 is 1.32 bits per heavy atom. The van der Waals surface area contributed by atoms with Crippen LogP contribution in [0.25, 0.3) is 0 Å². The molecule has 0 unspecified atom stereocenters. The summed E-state index contributed by atoms with van der Waals surface area (Å²) in [6.07, 6.45) is -1.91. The molecule has 0 saturated carbocycles. The molecule has 0 saturated heterocycles. The highest BCUT2D eigenvalue weighted by molar-refractivity contribution is 6.03. The van der Waals surface area contributed by atoms with Crippen LogP contribution in [0.5, 0.6) is 0 Å². The Hall–Kier alpha value is -2.38. The second-order valence-corrected chi connectivity index (χ2v) is 3.58. The summed E-state index contributed by atoms with van der Waals surface area (Å²) in [6, 6.07) is 1.62. The maximum Gasteiger partial charge on any atom is 0.416 e. The van der Waals surface area contributed by atoms with Crippen molar-refractivity contribution in [2.45, 2.75) is 6.18 Å². The van der Waals surface area contributed by atoms with E-state index in [4.69, 9.17) is 0 Å². The minimum absolute atomic E-state index is 0.0156. The molecule has 0 atom stereocenters. The molecule has 0 aliphatic heterocycles. The van der Waals surface area contributed by atoms with Crippen molar-refractivity contribution in [1.82, 2.24) is 9.97 Å². The number of hydrogen-bond donors (Lipinski definition) is 2. The Balaban J connectivity index is 2.31. The fourth-order valence-electron chi connectivity index (χ4n) is 1.38. The molecule has 0 fully saturated rings. The van der Waals surface area contributed by atoms with Gasteiger partial charge < -0.3 is 4.98 Å². The first-order valence-electron chi connectivity index (χ1n) is 5.05. The number of rotatable bonds is 2. The molecule has 100 valence electrons. The van der Waals surface area contributed by atoms with Crippen LogP contribution >= 0.6 is 0 Å². The quantitative estimate of drug-likeness (QED) is 0.826. The minimum atomic E-state index is -4.65. The van der Waals surface area contributed by atoms with Crippen molar-refractivity contribution >= 4 is 11.9 Å². The molecule has 19 heavy (non-hydrogen) atoms. The maximum atomic E-state index is 13.4. The molecule has 1 aromatic carbocycles. The lowest BCUT2D eigenvalue weighted by atomic mass is 10.1. The highest BCUT2D eigenvalue weighted by Crippen LogP contribution is 2.30. The molecule has 0 spiro atoms. The predicted molar refractivity (Wildman–Crippen MR) is 57.9 cm³/mol. The summed E-state index contributed by atoms with van der Waals surface area (Å²) in [4.78, 5) is 17.8. The van der Waals surface area contributed by atoms with Crippen LogP contribution < -0.4 is 5.32 Å². The standard InChI is InChI=1S/C11H7F4N3O/c12-8-2-1-6(11(13,14)15)5-7(8)9(19)18-10-16-3-4-17-10/h1-5H,(H2,16,17,18,19). The van der Waals surface area contributed by atoms with Crippen LogP contribution in [-0.2, 0) is 6.18 Å². The van der Waals surface area contributed by atoms with E-state index in [-0.39, 0.29) is 5.95 Å². The highest BCUT2D eigenvalue weighted by Gasteiger charge is 2.32. The Kier molecular flexibility index (Phi) is 3.24. The number of benzene rings is 1. The number of H-pyrrole nitrogens is 1. The Labute approximate surface area is 104 Å². The molecule has 1 heterocycles. The summed E-state index contributed by atoms with van der Waals surface area (Å²) in [5, 5.41) is 2.14. The van der Waals surface area contributed by atoms with Gasteiger partial charge in [0.1, 0.15) is 5.82 Å². The molecule has 4 nitrogen and oxygen atoms in total. The maximum absolute atomic E-state index is 13.4. The van der Waals surface area contributed by atoms with E-state index in [1.54, 1.807) is 0 Å². The Morgan fingerprint density at radius 2 is 2.05 bits per heavy atom. The van der Waals surface area contributed by atoms with Crippen molar-refractivity contribution in [2.24, 2.45) is 0 Å². The average molecular weight is 273 g/mol. The van der Waals surface area contributed by atoms with Gasteiger partial charge in [-0.2, -0.15) is 13.2 Å². The first-order valence-corrected chi connectivity index (χ1v) is 5.05. The van der Waals surface area contributed by atoms with Crippen molar-refractivity contribution in [1.29, 1.82) is 0 Å². The summed E-state index contributed by atoms with van der Waals surface area (Å²) in [6.45, 7) is 0. The molecule has 2 aromatic rings. The number of imidazole rings is 1. The molecule has 1 aromatic heterocycles. The highest BCUT2D eigenvalue weighted by atomic mass is 19.4. The zero-order valence-corrected chi connectivity index (χ0v) is 9.25. The lowest BCUT2D eigenvalue weighted by Gasteiger charge is -2.09. The zero-order valence-electron chi connectivity index (χ0n) is 9.25. The van der Waals surface area contributed by atoms with E-state index in [9.17, 15) is 22.4 Å². The van der Waals surface area contributed by atoms with Crippen molar-refractivity contribution in [3.63, 3.8) is 0 Å². The van der Waals surface area contributed by atoms with Gasteiger partial charge in [-0.3, -0.25) is 10.1 Å². The number of nitrogens with zero attached hydrogens (tertiary/aromatic N) is 1. The molecule has 2 rings (SSSR count). The van der Waals surface area contributed by atoms with E-state index in [0.717, 1.165) is 0 Å². The van der Waals surface area contributed by atoms with Crippen LogP contribution in [-0.4, -0.2) is 15.9 Å². The molecular formula is C11H7F4N3O. The molecule has 0 bridgehead atoms. The number of nitrogens with one attached hydrogen (secondary N) is 2. The predicted octanol–water partition coefficient (Wildman–Crippen LogP) is 2.82. The minimum Gasteiger partial charge on any atom is -0.331 e. The van der Waals surface area contributed by atoms with E-state index in [1.807, 2.05) is 0 Å². The van der Waals surface area contributed by atoms with Gasteiger partial charge in [-0.15, -0.1) is 0 Å². The number of aromatic amines is 1. The van der Waals surface area contributed by atoms with Crippen LogP contribution in [0.4, 0.5) is 23.5 Å². The van der Waals surface area contributed by atoms with Crippen LogP contribution in [0, 0.1) is 5.82 Å². The third-order valence-electron chi connectivity index (χ3n) is 2.27. The van der Waals surface area contributed by atoms with Gasteiger partial charge in [-0.25, -0.2) is 9.37 Å². The fourth-order valence-corrected chi connectivity index (χ4v) is 1.38. The van der Waals surface area contributed by atoms with Crippen molar-refractivity contribution in [3.8, 4) is 0 Å². The van der Waals surface area contributed by atoms with Gasteiger partial charge in [-0.05, 0) is 18.2 Å². The smallest absolute Gasteiger partial charge is 0.331 e. The van der Waals surface area contributed by atoms with E-state index in [1.165, 1.54) is 12.4 Å². The molecular weight excluding hydrogens is 266 g/mol. The second-order valence-electron chi connectivity index (χ2n) is 3.58. The van der Waals surface area contributed by atoms with Gasteiger partial charge in [-0.1, -0.05) is 0 Å². The summed E-state index contributed by atoms with van der Waals surface area (Å²) in [7, 11) is 0. The molecule has 2 N–H and O–H groups in total. The van der Waals surface area contributed by atoms with Gasteiger partial charge in [0, 0.05) is 12.4 Å². The number of anilines is 1. The van der Waals surface area contributed by atoms with E-state index >= 15 is 0 Å². The van der Waals surface area contributed by atoms with Crippen LogP contribution in [0.2, 0.25) is 0 Å². The second kappa shape index (κ2) is 4.71. The van der Waals surface area contributed by atoms with Crippen molar-refractivity contribution in [2.75, 3.05) is 5.32 Å². The largest absolute Gasteiger partial charge is 0.416 e. The van der Waals surface area contributed by atoms with Gasteiger partial charge >= 0.3 is 6.18 Å². The van der Waals surface area contributed by atoms with Crippen LogP contribution in [0.15, 0.2) is 30.6 Å². The summed E-state index contributed by atoms with van der Waals surface area (Å²) in [5.74, 6) is -2.04. The SMILES string of the molecule is O=C(Nc1ncc[nH]1)c1cc(C(F)(F)F)ccc1F. The third kappa shape index (κ3) is 2.90. The number of aromatic nitrogens is 2. The first-order chi connectivity index (χ1) is 8.88. The number of hydrogen-bond acceptors (Lipinski definition) is 2. The van der Waals surface area contributed by atoms with Gasteiger partial charge in [0.15, 0.2) is 0 Å². The first kappa shape index (κ1) is 13.1. The molecule has 0 aliphatic rings.